The Morgan fingerprint density at radius 3 is 2.74 bits per heavy atom. The second-order valence-electron chi connectivity index (χ2n) is 5.79. The Labute approximate surface area is 156 Å². The van der Waals surface area contributed by atoms with Crippen molar-refractivity contribution in [3.63, 3.8) is 0 Å². The number of nitrogens with two attached hydrogens (primary N) is 2. The summed E-state index contributed by atoms with van der Waals surface area (Å²) in [6, 6.07) is 7.18. The van der Waals surface area contributed by atoms with Crippen LogP contribution < -0.4 is 22.1 Å². The van der Waals surface area contributed by atoms with Gasteiger partial charge in [-0.15, -0.1) is 4.80 Å². The van der Waals surface area contributed by atoms with E-state index in [0.717, 1.165) is 12.1 Å². The second-order valence-corrected chi connectivity index (χ2v) is 5.79. The molecular formula is C17H21N9O. The largest absolute Gasteiger partial charge is 0.380 e. The SMILES string of the molecule is CCC(CN)Nc1cnc(C(N)=O)c(Nc2cccc(-n3nccn3)n2)c1. The van der Waals surface area contributed by atoms with E-state index in [1.54, 1.807) is 42.9 Å². The number of amides is 1. The fraction of sp³-hybridized carbons (Fsp3) is 0.235. The van der Waals surface area contributed by atoms with Crippen LogP contribution in [-0.2, 0) is 0 Å². The van der Waals surface area contributed by atoms with E-state index in [9.17, 15) is 4.79 Å². The lowest BCUT2D eigenvalue weighted by molar-refractivity contribution is 0.0996. The third kappa shape index (κ3) is 4.36. The zero-order valence-corrected chi connectivity index (χ0v) is 14.8. The van der Waals surface area contributed by atoms with E-state index in [1.165, 1.54) is 4.80 Å². The number of carbonyl (C=O) groups is 1. The Bertz CT molecular complexity index is 907. The van der Waals surface area contributed by atoms with Gasteiger partial charge in [0.2, 0.25) is 0 Å². The molecule has 0 saturated carbocycles. The Kier molecular flexibility index (Phi) is 5.57. The molecule has 0 aromatic carbocycles. The second kappa shape index (κ2) is 8.23. The first-order valence-electron chi connectivity index (χ1n) is 8.48. The molecule has 0 aliphatic carbocycles. The number of nitrogens with one attached hydrogen (secondary N) is 2. The number of nitrogens with zero attached hydrogens (tertiary/aromatic N) is 5. The van der Waals surface area contributed by atoms with E-state index in [-0.39, 0.29) is 11.7 Å². The van der Waals surface area contributed by atoms with Crippen LogP contribution in [0.5, 0.6) is 0 Å². The number of anilines is 3. The number of carbonyl (C=O) groups excluding carboxylic acids is 1. The third-order valence-corrected chi connectivity index (χ3v) is 3.89. The number of primary amides is 1. The predicted molar refractivity (Wildman–Crippen MR) is 102 cm³/mol. The van der Waals surface area contributed by atoms with Crippen LogP contribution in [-0.4, -0.2) is 43.5 Å². The highest BCUT2D eigenvalue weighted by Crippen LogP contribution is 2.23. The molecule has 3 aromatic heterocycles. The van der Waals surface area contributed by atoms with Crippen LogP contribution in [0.2, 0.25) is 0 Å². The zero-order valence-electron chi connectivity index (χ0n) is 14.8. The molecule has 0 fully saturated rings. The summed E-state index contributed by atoms with van der Waals surface area (Å²) in [6.45, 7) is 2.52. The molecular weight excluding hydrogens is 346 g/mol. The molecule has 6 N–H and O–H groups in total. The van der Waals surface area contributed by atoms with E-state index < -0.39 is 5.91 Å². The molecule has 1 atom stereocenters. The van der Waals surface area contributed by atoms with Crippen LogP contribution in [0, 0.1) is 0 Å². The molecule has 3 heterocycles. The van der Waals surface area contributed by atoms with Gasteiger partial charge in [0.25, 0.3) is 5.91 Å². The Balaban J connectivity index is 1.90. The van der Waals surface area contributed by atoms with Crippen molar-refractivity contribution in [2.45, 2.75) is 19.4 Å². The summed E-state index contributed by atoms with van der Waals surface area (Å²) in [5, 5.41) is 14.5. The van der Waals surface area contributed by atoms with Gasteiger partial charge in [-0.2, -0.15) is 10.2 Å². The number of hydrogen-bond acceptors (Lipinski definition) is 8. The average molecular weight is 367 g/mol. The molecule has 10 heteroatoms. The molecule has 0 bridgehead atoms. The minimum absolute atomic E-state index is 0.103. The van der Waals surface area contributed by atoms with Gasteiger partial charge in [0.15, 0.2) is 11.5 Å². The maximum atomic E-state index is 11.7. The number of aromatic nitrogens is 5. The quantitative estimate of drug-likeness (QED) is 0.461. The summed E-state index contributed by atoms with van der Waals surface area (Å²) < 4.78 is 0. The average Bonchev–Trinajstić information content (AvgIpc) is 3.21. The fourth-order valence-electron chi connectivity index (χ4n) is 2.47. The van der Waals surface area contributed by atoms with Crippen molar-refractivity contribution in [3.8, 4) is 5.82 Å². The normalized spacial score (nSPS) is 11.8. The van der Waals surface area contributed by atoms with Crippen molar-refractivity contribution in [1.29, 1.82) is 0 Å². The third-order valence-electron chi connectivity index (χ3n) is 3.89. The summed E-state index contributed by atoms with van der Waals surface area (Å²) in [5.41, 5.74) is 12.5. The maximum Gasteiger partial charge on any atom is 0.269 e. The van der Waals surface area contributed by atoms with Crippen LogP contribution in [0.4, 0.5) is 17.2 Å². The minimum Gasteiger partial charge on any atom is -0.380 e. The molecule has 27 heavy (non-hydrogen) atoms. The van der Waals surface area contributed by atoms with Gasteiger partial charge in [-0.25, -0.2) is 9.97 Å². The molecule has 0 aliphatic rings. The molecule has 3 aromatic rings. The van der Waals surface area contributed by atoms with Crippen molar-refractivity contribution in [2.75, 3.05) is 17.2 Å². The minimum atomic E-state index is -0.639. The van der Waals surface area contributed by atoms with Crippen LogP contribution in [0.3, 0.4) is 0 Å². The van der Waals surface area contributed by atoms with E-state index >= 15 is 0 Å². The van der Waals surface area contributed by atoms with Gasteiger partial charge in [-0.3, -0.25) is 4.79 Å². The van der Waals surface area contributed by atoms with Crippen LogP contribution in [0.25, 0.3) is 5.82 Å². The lowest BCUT2D eigenvalue weighted by Crippen LogP contribution is -2.28. The lowest BCUT2D eigenvalue weighted by Gasteiger charge is -2.17. The van der Waals surface area contributed by atoms with Gasteiger partial charge in [-0.1, -0.05) is 13.0 Å². The molecule has 1 amide bonds. The highest BCUT2D eigenvalue weighted by atomic mass is 16.1. The van der Waals surface area contributed by atoms with Crippen LogP contribution in [0.15, 0.2) is 42.9 Å². The molecule has 3 rings (SSSR count). The number of hydrogen-bond donors (Lipinski definition) is 4. The van der Waals surface area contributed by atoms with Gasteiger partial charge in [0.05, 0.1) is 30.0 Å². The molecule has 10 nitrogen and oxygen atoms in total. The van der Waals surface area contributed by atoms with Gasteiger partial charge in [0.1, 0.15) is 5.82 Å². The highest BCUT2D eigenvalue weighted by Gasteiger charge is 2.14. The smallest absolute Gasteiger partial charge is 0.269 e. The van der Waals surface area contributed by atoms with Gasteiger partial charge in [0, 0.05) is 12.6 Å². The molecule has 0 saturated heterocycles. The summed E-state index contributed by atoms with van der Waals surface area (Å²) in [5.74, 6) is 0.388. The van der Waals surface area contributed by atoms with Crippen LogP contribution >= 0.6 is 0 Å². The molecule has 0 radical (unpaired) electrons. The van der Waals surface area contributed by atoms with Crippen molar-refractivity contribution in [1.82, 2.24) is 25.0 Å². The lowest BCUT2D eigenvalue weighted by atomic mass is 10.2. The monoisotopic (exact) mass is 367 g/mol. The standard InChI is InChI=1S/C17H21N9O/c1-2-11(9-18)23-12-8-13(16(17(19)27)20-10-12)24-14-4-3-5-15(25-14)26-21-6-7-22-26/h3-8,10-11,23H,2,9,18H2,1H3,(H2,19,27)(H,24,25). The van der Waals surface area contributed by atoms with Crippen molar-refractivity contribution in [3.05, 3.63) is 48.5 Å². The van der Waals surface area contributed by atoms with Crippen molar-refractivity contribution < 1.29 is 4.79 Å². The van der Waals surface area contributed by atoms with E-state index in [0.29, 0.717) is 23.9 Å². The van der Waals surface area contributed by atoms with Gasteiger partial charge >= 0.3 is 0 Å². The van der Waals surface area contributed by atoms with Crippen LogP contribution in [0.1, 0.15) is 23.8 Å². The summed E-state index contributed by atoms with van der Waals surface area (Å²) in [7, 11) is 0. The number of pyridine rings is 2. The number of rotatable bonds is 8. The molecule has 0 spiro atoms. The Hall–Kier alpha value is -3.53. The summed E-state index contributed by atoms with van der Waals surface area (Å²) in [4.78, 5) is 21.7. The summed E-state index contributed by atoms with van der Waals surface area (Å²) in [6.07, 6.45) is 5.54. The highest BCUT2D eigenvalue weighted by molar-refractivity contribution is 5.97. The van der Waals surface area contributed by atoms with Crippen molar-refractivity contribution >= 4 is 23.1 Å². The van der Waals surface area contributed by atoms with E-state index in [2.05, 4.69) is 30.8 Å². The first kappa shape index (κ1) is 18.3. The zero-order chi connectivity index (χ0) is 19.2. The topological polar surface area (TPSA) is 150 Å². The predicted octanol–water partition coefficient (Wildman–Crippen LogP) is 1.05. The van der Waals surface area contributed by atoms with Gasteiger partial charge in [-0.05, 0) is 24.6 Å². The van der Waals surface area contributed by atoms with Gasteiger partial charge < -0.3 is 22.1 Å². The Morgan fingerprint density at radius 2 is 2.07 bits per heavy atom. The maximum absolute atomic E-state index is 11.7. The molecule has 0 aliphatic heterocycles. The molecule has 1 unspecified atom stereocenters. The summed E-state index contributed by atoms with van der Waals surface area (Å²) >= 11 is 0. The first-order chi connectivity index (χ1) is 13.1. The van der Waals surface area contributed by atoms with Crippen molar-refractivity contribution in [2.24, 2.45) is 11.5 Å². The molecule has 140 valence electrons. The fourth-order valence-corrected chi connectivity index (χ4v) is 2.47. The van der Waals surface area contributed by atoms with E-state index in [1.807, 2.05) is 6.92 Å². The van der Waals surface area contributed by atoms with E-state index in [4.69, 9.17) is 11.5 Å². The Morgan fingerprint density at radius 1 is 1.30 bits per heavy atom. The first-order valence-corrected chi connectivity index (χ1v) is 8.48.